The van der Waals surface area contributed by atoms with Gasteiger partial charge in [0.1, 0.15) is 5.69 Å². The first-order chi connectivity index (χ1) is 13.8. The molecule has 29 heavy (non-hydrogen) atoms. The van der Waals surface area contributed by atoms with Crippen molar-refractivity contribution in [1.82, 2.24) is 5.16 Å². The van der Waals surface area contributed by atoms with Crippen LogP contribution >= 0.6 is 0 Å². The maximum Gasteiger partial charge on any atom is 0.328 e. The van der Waals surface area contributed by atoms with E-state index in [2.05, 4.69) is 11.7 Å². The van der Waals surface area contributed by atoms with E-state index in [0.29, 0.717) is 18.6 Å². The second kappa shape index (κ2) is 9.48. The first kappa shape index (κ1) is 21.6. The molecule has 0 saturated heterocycles. The Morgan fingerprint density at radius 3 is 2.31 bits per heavy atom. The van der Waals surface area contributed by atoms with Crippen molar-refractivity contribution in [1.29, 1.82) is 0 Å². The Kier molecular flexibility index (Phi) is 7.05. The van der Waals surface area contributed by atoms with Crippen LogP contribution in [0.15, 0.2) is 77.9 Å². The number of nitrogens with two attached hydrogens (primary N) is 1. The van der Waals surface area contributed by atoms with Gasteiger partial charge in [-0.1, -0.05) is 47.6 Å². The van der Waals surface area contributed by atoms with Crippen LogP contribution in [0.2, 0.25) is 0 Å². The summed E-state index contributed by atoms with van der Waals surface area (Å²) >= 11 is 0. The Balaban J connectivity index is 0.000000321. The molecule has 7 heteroatoms. The molecule has 1 aromatic heterocycles. The number of carbonyl (C=O) groups is 2. The van der Waals surface area contributed by atoms with E-state index in [1.54, 1.807) is 0 Å². The van der Waals surface area contributed by atoms with E-state index in [0.717, 1.165) is 27.8 Å². The molecular formula is C22H22N2O5. The molecule has 0 aliphatic heterocycles. The van der Waals surface area contributed by atoms with Crippen LogP contribution < -0.4 is 5.73 Å². The van der Waals surface area contributed by atoms with Gasteiger partial charge in [-0.2, -0.15) is 0 Å². The summed E-state index contributed by atoms with van der Waals surface area (Å²) in [7, 11) is 0. The number of fused-ring (bicyclic) bond motifs is 1. The zero-order valence-corrected chi connectivity index (χ0v) is 15.9. The Bertz CT molecular complexity index is 1030. The highest BCUT2D eigenvalue weighted by Crippen LogP contribution is 2.35. The highest BCUT2D eigenvalue weighted by Gasteiger charge is 2.25. The molecule has 150 valence electrons. The Morgan fingerprint density at radius 1 is 1.10 bits per heavy atom. The van der Waals surface area contributed by atoms with Crippen molar-refractivity contribution in [2.75, 3.05) is 0 Å². The largest absolute Gasteiger partial charge is 0.478 e. The van der Waals surface area contributed by atoms with Crippen molar-refractivity contribution in [3.63, 3.8) is 0 Å². The van der Waals surface area contributed by atoms with E-state index in [4.69, 9.17) is 20.5 Å². The molecule has 0 saturated carbocycles. The van der Waals surface area contributed by atoms with Crippen molar-refractivity contribution in [3.8, 4) is 11.3 Å². The second-order valence-electron chi connectivity index (χ2n) is 6.49. The van der Waals surface area contributed by atoms with E-state index >= 15 is 0 Å². The predicted molar refractivity (Wildman–Crippen MR) is 110 cm³/mol. The summed E-state index contributed by atoms with van der Waals surface area (Å²) in [4.78, 5) is 19.1. The fraction of sp³-hybridized carbons (Fsp3) is 0.136. The average molecular weight is 394 g/mol. The molecule has 1 atom stereocenters. The minimum Gasteiger partial charge on any atom is -0.478 e. The smallest absolute Gasteiger partial charge is 0.328 e. The summed E-state index contributed by atoms with van der Waals surface area (Å²) in [5.74, 6) is -2.51. The summed E-state index contributed by atoms with van der Waals surface area (Å²) in [5.41, 5.74) is 9.65. The minimum absolute atomic E-state index is 0.488. The molecule has 1 heterocycles. The topological polar surface area (TPSA) is 127 Å². The van der Waals surface area contributed by atoms with Gasteiger partial charge < -0.3 is 20.5 Å². The van der Waals surface area contributed by atoms with E-state index in [1.165, 1.54) is 0 Å². The van der Waals surface area contributed by atoms with Crippen LogP contribution in [0.4, 0.5) is 0 Å². The molecule has 3 rings (SSSR count). The van der Waals surface area contributed by atoms with Crippen LogP contribution in [0.25, 0.3) is 22.2 Å². The van der Waals surface area contributed by atoms with E-state index in [9.17, 15) is 9.59 Å². The number of rotatable bonds is 6. The first-order valence-corrected chi connectivity index (χ1v) is 8.74. The van der Waals surface area contributed by atoms with Crippen LogP contribution in [0.1, 0.15) is 18.9 Å². The maximum atomic E-state index is 9.55. The number of benzene rings is 2. The lowest BCUT2D eigenvalue weighted by molar-refractivity contribution is -0.134. The number of carboxylic acid groups (broad SMARTS) is 2. The van der Waals surface area contributed by atoms with Crippen LogP contribution in [0.5, 0.6) is 0 Å². The summed E-state index contributed by atoms with van der Waals surface area (Å²) in [5, 5.41) is 20.9. The van der Waals surface area contributed by atoms with Crippen LogP contribution in [0.3, 0.4) is 0 Å². The lowest BCUT2D eigenvalue weighted by atomic mass is 9.85. The predicted octanol–water partition coefficient (Wildman–Crippen LogP) is 3.96. The molecule has 0 aliphatic carbocycles. The number of aliphatic carboxylic acids is 2. The molecule has 1 unspecified atom stereocenters. The van der Waals surface area contributed by atoms with E-state index in [-0.39, 0.29) is 0 Å². The zero-order valence-electron chi connectivity index (χ0n) is 15.9. The summed E-state index contributed by atoms with van der Waals surface area (Å²) in [6.07, 6.45) is 3.65. The average Bonchev–Trinajstić information content (AvgIpc) is 3.11. The van der Waals surface area contributed by atoms with Crippen LogP contribution in [-0.4, -0.2) is 27.3 Å². The minimum atomic E-state index is -1.26. The fourth-order valence-corrected chi connectivity index (χ4v) is 2.82. The van der Waals surface area contributed by atoms with E-state index < -0.39 is 17.5 Å². The standard InChI is InChI=1S/C18H18N2O.C4H4O4/c1-3-12-18(2,19)15-10-6-4-8-13(15)17-14-9-5-7-11-16(14)21-20-17;5-3(6)1-2-4(7)8/h3-11H,1,12,19H2,2H3;1-2H,(H,5,6)(H,7,8)/b;2-1+. The first-order valence-electron chi connectivity index (χ1n) is 8.74. The lowest BCUT2D eigenvalue weighted by Crippen LogP contribution is -2.32. The number of para-hydroxylation sites is 1. The molecule has 0 amide bonds. The van der Waals surface area contributed by atoms with Crippen LogP contribution in [-0.2, 0) is 15.1 Å². The highest BCUT2D eigenvalue weighted by atomic mass is 16.5. The third-order valence-corrected chi connectivity index (χ3v) is 4.11. The molecule has 7 nitrogen and oxygen atoms in total. The number of hydrogen-bond donors (Lipinski definition) is 3. The van der Waals surface area contributed by atoms with Gasteiger partial charge in [0.05, 0.1) is 0 Å². The van der Waals surface area contributed by atoms with Gasteiger partial charge in [0, 0.05) is 28.6 Å². The van der Waals surface area contributed by atoms with E-state index in [1.807, 2.05) is 61.5 Å². The molecular weight excluding hydrogens is 372 g/mol. The summed E-state index contributed by atoms with van der Waals surface area (Å²) in [6, 6.07) is 15.9. The molecule has 2 aromatic carbocycles. The summed E-state index contributed by atoms with van der Waals surface area (Å²) < 4.78 is 5.42. The van der Waals surface area contributed by atoms with Gasteiger partial charge in [0.25, 0.3) is 0 Å². The molecule has 0 fully saturated rings. The van der Waals surface area contributed by atoms with Crippen molar-refractivity contribution in [3.05, 3.63) is 78.9 Å². The number of nitrogens with zero attached hydrogens (tertiary/aromatic N) is 1. The van der Waals surface area contributed by atoms with Crippen molar-refractivity contribution in [2.24, 2.45) is 5.73 Å². The number of aromatic nitrogens is 1. The van der Waals surface area contributed by atoms with Gasteiger partial charge in [-0.3, -0.25) is 0 Å². The monoisotopic (exact) mass is 394 g/mol. The SMILES string of the molecule is C=CCC(C)(N)c1ccccc1-c1noc2ccccc12.O=C(O)/C=C/C(=O)O. The highest BCUT2D eigenvalue weighted by molar-refractivity contribution is 5.92. The molecule has 0 radical (unpaired) electrons. The molecule has 4 N–H and O–H groups in total. The van der Waals surface area contributed by atoms with Gasteiger partial charge in [-0.25, -0.2) is 9.59 Å². The van der Waals surface area contributed by atoms with Crippen LogP contribution in [0, 0.1) is 0 Å². The molecule has 0 spiro atoms. The Morgan fingerprint density at radius 2 is 1.69 bits per heavy atom. The zero-order chi connectivity index (χ0) is 21.4. The van der Waals surface area contributed by atoms with Gasteiger partial charge in [-0.15, -0.1) is 6.58 Å². The summed E-state index contributed by atoms with van der Waals surface area (Å²) in [6.45, 7) is 5.81. The van der Waals surface area contributed by atoms with Gasteiger partial charge >= 0.3 is 11.9 Å². The maximum absolute atomic E-state index is 9.55. The van der Waals surface area contributed by atoms with Gasteiger partial charge in [-0.05, 0) is 31.0 Å². The van der Waals surface area contributed by atoms with Gasteiger partial charge in [0.15, 0.2) is 5.58 Å². The third kappa shape index (κ3) is 5.63. The van der Waals surface area contributed by atoms with Crippen molar-refractivity contribution < 1.29 is 24.3 Å². The Hall–Kier alpha value is -3.71. The normalized spacial score (nSPS) is 12.8. The van der Waals surface area contributed by atoms with Crippen molar-refractivity contribution in [2.45, 2.75) is 18.9 Å². The second-order valence-corrected chi connectivity index (χ2v) is 6.49. The Labute approximate surface area is 167 Å². The molecule has 0 bridgehead atoms. The molecule has 0 aliphatic rings. The quantitative estimate of drug-likeness (QED) is 0.426. The number of hydrogen-bond acceptors (Lipinski definition) is 5. The third-order valence-electron chi connectivity index (χ3n) is 4.11. The van der Waals surface area contributed by atoms with Crippen molar-refractivity contribution >= 4 is 22.9 Å². The lowest BCUT2D eigenvalue weighted by Gasteiger charge is -2.26. The fourth-order valence-electron chi connectivity index (χ4n) is 2.82. The van der Waals surface area contributed by atoms with Gasteiger partial charge in [0.2, 0.25) is 0 Å². The number of carboxylic acids is 2. The molecule has 3 aromatic rings.